The zero-order valence-corrected chi connectivity index (χ0v) is 10.9. The molecule has 1 unspecified atom stereocenters. The van der Waals surface area contributed by atoms with Crippen LogP contribution in [0.1, 0.15) is 32.8 Å². The van der Waals surface area contributed by atoms with Gasteiger partial charge in [0, 0.05) is 12.5 Å². The van der Waals surface area contributed by atoms with E-state index >= 15 is 0 Å². The molecule has 3 nitrogen and oxygen atoms in total. The number of hydrogen-bond acceptors (Lipinski definition) is 2. The number of hydrazine groups is 1. The highest BCUT2D eigenvalue weighted by Gasteiger charge is 2.37. The molecular formula is C14H20N2O. The van der Waals surface area contributed by atoms with E-state index in [1.54, 1.807) is 5.01 Å². The molecule has 1 N–H and O–H groups in total. The molecule has 1 amide bonds. The first-order valence-electron chi connectivity index (χ1n) is 6.04. The Morgan fingerprint density at radius 3 is 2.47 bits per heavy atom. The number of carbonyl (C=O) groups is 1. The third kappa shape index (κ3) is 2.34. The quantitative estimate of drug-likeness (QED) is 0.807. The van der Waals surface area contributed by atoms with Crippen molar-refractivity contribution in [3.63, 3.8) is 0 Å². The number of aryl methyl sites for hydroxylation is 1. The first kappa shape index (κ1) is 12.1. The van der Waals surface area contributed by atoms with Crippen LogP contribution in [0, 0.1) is 12.3 Å². The Morgan fingerprint density at radius 1 is 1.29 bits per heavy atom. The van der Waals surface area contributed by atoms with Crippen molar-refractivity contribution in [2.24, 2.45) is 5.41 Å². The van der Waals surface area contributed by atoms with Gasteiger partial charge in [-0.15, -0.1) is 0 Å². The van der Waals surface area contributed by atoms with Gasteiger partial charge in [-0.25, -0.2) is 10.4 Å². The molecular weight excluding hydrogens is 212 g/mol. The van der Waals surface area contributed by atoms with Gasteiger partial charge in [-0.1, -0.05) is 39.0 Å². The van der Waals surface area contributed by atoms with Crippen molar-refractivity contribution in [1.82, 2.24) is 5.43 Å². The second kappa shape index (κ2) is 4.15. The minimum Gasteiger partial charge on any atom is -0.273 e. The Balaban J connectivity index is 2.25. The molecule has 0 aromatic heterocycles. The first-order chi connectivity index (χ1) is 7.89. The molecule has 0 saturated carbocycles. The van der Waals surface area contributed by atoms with Gasteiger partial charge in [0.25, 0.3) is 0 Å². The lowest BCUT2D eigenvalue weighted by Crippen LogP contribution is -2.43. The van der Waals surface area contributed by atoms with Crippen molar-refractivity contribution < 1.29 is 4.79 Å². The molecule has 2 rings (SSSR count). The second-order valence-electron chi connectivity index (χ2n) is 5.77. The Labute approximate surface area is 103 Å². The molecule has 1 saturated heterocycles. The van der Waals surface area contributed by atoms with Crippen molar-refractivity contribution in [1.29, 1.82) is 0 Å². The van der Waals surface area contributed by atoms with Crippen LogP contribution in [0.5, 0.6) is 0 Å². The van der Waals surface area contributed by atoms with Gasteiger partial charge < -0.3 is 0 Å². The maximum Gasteiger partial charge on any atom is 0.243 e. The Morgan fingerprint density at radius 2 is 1.94 bits per heavy atom. The van der Waals surface area contributed by atoms with Crippen LogP contribution < -0.4 is 10.4 Å². The van der Waals surface area contributed by atoms with Gasteiger partial charge in [-0.3, -0.25) is 4.79 Å². The van der Waals surface area contributed by atoms with Crippen molar-refractivity contribution in [2.45, 2.75) is 40.2 Å². The normalized spacial score (nSPS) is 21.1. The fourth-order valence-electron chi connectivity index (χ4n) is 2.06. The summed E-state index contributed by atoms with van der Waals surface area (Å²) < 4.78 is 0. The molecule has 1 atom stereocenters. The molecule has 0 bridgehead atoms. The van der Waals surface area contributed by atoms with E-state index in [0.29, 0.717) is 6.42 Å². The number of carbonyl (C=O) groups excluding carboxylic acids is 1. The monoisotopic (exact) mass is 232 g/mol. The van der Waals surface area contributed by atoms with Crippen molar-refractivity contribution in [2.75, 3.05) is 5.01 Å². The van der Waals surface area contributed by atoms with Gasteiger partial charge in [0.05, 0.1) is 5.69 Å². The lowest BCUT2D eigenvalue weighted by Gasteiger charge is -2.28. The van der Waals surface area contributed by atoms with Gasteiger partial charge in [0.1, 0.15) is 0 Å². The highest BCUT2D eigenvalue weighted by atomic mass is 16.2. The Kier molecular flexibility index (Phi) is 2.96. The molecule has 1 heterocycles. The predicted molar refractivity (Wildman–Crippen MR) is 69.7 cm³/mol. The SMILES string of the molecule is Cc1ccccc1N1NC(C(C)(C)C)CC1=O. The van der Waals surface area contributed by atoms with Gasteiger partial charge >= 0.3 is 0 Å². The fourth-order valence-corrected chi connectivity index (χ4v) is 2.06. The van der Waals surface area contributed by atoms with E-state index in [9.17, 15) is 4.79 Å². The largest absolute Gasteiger partial charge is 0.273 e. The molecule has 0 radical (unpaired) electrons. The maximum atomic E-state index is 12.0. The summed E-state index contributed by atoms with van der Waals surface area (Å²) in [7, 11) is 0. The molecule has 1 aromatic rings. The molecule has 17 heavy (non-hydrogen) atoms. The predicted octanol–water partition coefficient (Wildman–Crippen LogP) is 2.65. The highest BCUT2D eigenvalue weighted by molar-refractivity contribution is 5.95. The zero-order chi connectivity index (χ0) is 12.6. The second-order valence-corrected chi connectivity index (χ2v) is 5.77. The number of nitrogens with one attached hydrogen (secondary N) is 1. The average Bonchev–Trinajstić information content (AvgIpc) is 2.61. The summed E-state index contributed by atoms with van der Waals surface area (Å²) in [5.41, 5.74) is 5.49. The Bertz CT molecular complexity index is 434. The summed E-state index contributed by atoms with van der Waals surface area (Å²) in [5.74, 6) is 0.152. The standard InChI is InChI=1S/C14H20N2O/c1-10-7-5-6-8-11(10)16-13(17)9-12(15-16)14(2,3)4/h5-8,12,15H,9H2,1-4H3. The third-order valence-electron chi connectivity index (χ3n) is 3.31. The van der Waals surface area contributed by atoms with Crippen LogP contribution >= 0.6 is 0 Å². The van der Waals surface area contributed by atoms with Gasteiger partial charge in [0.2, 0.25) is 5.91 Å². The van der Waals surface area contributed by atoms with Crippen molar-refractivity contribution in [3.8, 4) is 0 Å². The van der Waals surface area contributed by atoms with Crippen LogP contribution in [0.15, 0.2) is 24.3 Å². The number of anilines is 1. The molecule has 1 aliphatic rings. The molecule has 92 valence electrons. The molecule has 0 aliphatic carbocycles. The van der Waals surface area contributed by atoms with Crippen molar-refractivity contribution in [3.05, 3.63) is 29.8 Å². The van der Waals surface area contributed by atoms with Crippen LogP contribution in [0.3, 0.4) is 0 Å². The lowest BCUT2D eigenvalue weighted by molar-refractivity contribution is -0.117. The number of rotatable bonds is 1. The lowest BCUT2D eigenvalue weighted by atomic mass is 9.86. The van der Waals surface area contributed by atoms with E-state index in [1.807, 2.05) is 31.2 Å². The van der Waals surface area contributed by atoms with E-state index < -0.39 is 0 Å². The van der Waals surface area contributed by atoms with E-state index in [1.165, 1.54) is 0 Å². The zero-order valence-electron chi connectivity index (χ0n) is 10.9. The van der Waals surface area contributed by atoms with E-state index in [2.05, 4.69) is 26.2 Å². The summed E-state index contributed by atoms with van der Waals surface area (Å²) in [6.45, 7) is 8.48. The number of hydrogen-bond donors (Lipinski definition) is 1. The van der Waals surface area contributed by atoms with E-state index in [-0.39, 0.29) is 17.4 Å². The number of benzene rings is 1. The van der Waals surface area contributed by atoms with Crippen LogP contribution in [-0.4, -0.2) is 11.9 Å². The van der Waals surface area contributed by atoms with Gasteiger partial charge in [0.15, 0.2) is 0 Å². The number of para-hydroxylation sites is 1. The average molecular weight is 232 g/mol. The smallest absolute Gasteiger partial charge is 0.243 e. The summed E-state index contributed by atoms with van der Waals surface area (Å²) in [6, 6.07) is 8.15. The molecule has 1 fully saturated rings. The van der Waals surface area contributed by atoms with Gasteiger partial charge in [-0.2, -0.15) is 0 Å². The molecule has 1 aromatic carbocycles. The van der Waals surface area contributed by atoms with E-state index in [0.717, 1.165) is 11.3 Å². The van der Waals surface area contributed by atoms with Crippen molar-refractivity contribution >= 4 is 11.6 Å². The minimum atomic E-state index is 0.0904. The minimum absolute atomic E-state index is 0.0904. The van der Waals surface area contributed by atoms with Crippen LogP contribution in [0.2, 0.25) is 0 Å². The Hall–Kier alpha value is -1.35. The topological polar surface area (TPSA) is 32.3 Å². The maximum absolute atomic E-state index is 12.0. The third-order valence-corrected chi connectivity index (χ3v) is 3.31. The number of amides is 1. The van der Waals surface area contributed by atoms with Crippen LogP contribution in [0.4, 0.5) is 5.69 Å². The van der Waals surface area contributed by atoms with Gasteiger partial charge in [-0.05, 0) is 24.0 Å². The molecule has 3 heteroatoms. The fraction of sp³-hybridized carbons (Fsp3) is 0.500. The van der Waals surface area contributed by atoms with Crippen LogP contribution in [-0.2, 0) is 4.79 Å². The summed E-state index contributed by atoms with van der Waals surface area (Å²) >= 11 is 0. The first-order valence-corrected chi connectivity index (χ1v) is 6.04. The van der Waals surface area contributed by atoms with Crippen LogP contribution in [0.25, 0.3) is 0 Å². The summed E-state index contributed by atoms with van der Waals surface area (Å²) in [4.78, 5) is 12.0. The summed E-state index contributed by atoms with van der Waals surface area (Å²) in [6.07, 6.45) is 0.567. The van der Waals surface area contributed by atoms with E-state index in [4.69, 9.17) is 0 Å². The highest BCUT2D eigenvalue weighted by Crippen LogP contribution is 2.30. The molecule has 1 aliphatic heterocycles. The summed E-state index contributed by atoms with van der Waals surface area (Å²) in [5, 5.41) is 1.70. The number of nitrogens with zero attached hydrogens (tertiary/aromatic N) is 1. The molecule has 0 spiro atoms.